The molecule has 0 unspecified atom stereocenters. The smallest absolute Gasteiger partial charge is 0.146 e. The van der Waals surface area contributed by atoms with Crippen molar-refractivity contribution in [1.82, 2.24) is 4.98 Å². The summed E-state index contributed by atoms with van der Waals surface area (Å²) in [5.41, 5.74) is 5.30. The third kappa shape index (κ3) is 4.66. The molecule has 0 aliphatic rings. The van der Waals surface area contributed by atoms with E-state index in [0.717, 1.165) is 16.9 Å². The maximum atomic E-state index is 9.09. The van der Waals surface area contributed by atoms with Crippen LogP contribution in [0.4, 0.5) is 5.82 Å². The highest BCUT2D eigenvalue weighted by molar-refractivity contribution is 5.80. The van der Waals surface area contributed by atoms with E-state index >= 15 is 0 Å². The quantitative estimate of drug-likeness (QED) is 0.549. The Morgan fingerprint density at radius 3 is 2.60 bits per heavy atom. The fraction of sp³-hybridized carbons (Fsp3) is 0.0500. The molecule has 0 radical (unpaired) electrons. The Hall–Kier alpha value is -3.65. The minimum Gasteiger partial charge on any atom is -0.489 e. The third-order valence-corrected chi connectivity index (χ3v) is 3.47. The van der Waals surface area contributed by atoms with Gasteiger partial charge in [-0.3, -0.25) is 5.43 Å². The van der Waals surface area contributed by atoms with E-state index in [-0.39, 0.29) is 0 Å². The summed E-state index contributed by atoms with van der Waals surface area (Å²) in [5.74, 6) is 1.43. The minimum absolute atomic E-state index is 0.360. The number of aromatic nitrogens is 1. The molecule has 0 aliphatic carbocycles. The minimum atomic E-state index is 0.360. The van der Waals surface area contributed by atoms with Crippen LogP contribution in [0.25, 0.3) is 0 Å². The number of hydrogen-bond donors (Lipinski definition) is 1. The Balaban J connectivity index is 1.56. The van der Waals surface area contributed by atoms with Crippen LogP contribution in [0.1, 0.15) is 16.7 Å². The van der Waals surface area contributed by atoms with Gasteiger partial charge >= 0.3 is 0 Å². The molecule has 0 saturated carbocycles. The highest BCUT2D eigenvalue weighted by Crippen LogP contribution is 2.15. The SMILES string of the molecule is N#Cc1ccccc1COc1ccc(/C=N\Nc2ccccn2)cc1. The lowest BCUT2D eigenvalue weighted by Crippen LogP contribution is -1.98. The number of pyridine rings is 1. The zero-order chi connectivity index (χ0) is 17.3. The monoisotopic (exact) mass is 328 g/mol. The van der Waals surface area contributed by atoms with Gasteiger partial charge in [-0.25, -0.2) is 4.98 Å². The summed E-state index contributed by atoms with van der Waals surface area (Å²) < 4.78 is 5.74. The highest BCUT2D eigenvalue weighted by atomic mass is 16.5. The second kappa shape index (κ2) is 8.27. The van der Waals surface area contributed by atoms with Crippen molar-refractivity contribution in [1.29, 1.82) is 5.26 Å². The van der Waals surface area contributed by atoms with Gasteiger partial charge in [0.2, 0.25) is 0 Å². The molecule has 3 rings (SSSR count). The summed E-state index contributed by atoms with van der Waals surface area (Å²) in [7, 11) is 0. The maximum absolute atomic E-state index is 9.09. The molecule has 122 valence electrons. The van der Waals surface area contributed by atoms with Gasteiger partial charge in [-0.1, -0.05) is 24.3 Å². The molecule has 0 aliphatic heterocycles. The fourth-order valence-corrected chi connectivity index (χ4v) is 2.17. The molecule has 0 fully saturated rings. The number of nitrogens with zero attached hydrogens (tertiary/aromatic N) is 3. The molecular weight excluding hydrogens is 312 g/mol. The van der Waals surface area contributed by atoms with Crippen LogP contribution >= 0.6 is 0 Å². The van der Waals surface area contributed by atoms with Crippen molar-refractivity contribution >= 4 is 12.0 Å². The lowest BCUT2D eigenvalue weighted by molar-refractivity contribution is 0.306. The van der Waals surface area contributed by atoms with E-state index < -0.39 is 0 Å². The van der Waals surface area contributed by atoms with Crippen molar-refractivity contribution in [3.8, 4) is 11.8 Å². The van der Waals surface area contributed by atoms with E-state index in [1.165, 1.54) is 0 Å². The van der Waals surface area contributed by atoms with Gasteiger partial charge in [-0.15, -0.1) is 0 Å². The molecule has 3 aromatic rings. The number of benzene rings is 2. The summed E-state index contributed by atoms with van der Waals surface area (Å²) >= 11 is 0. The van der Waals surface area contributed by atoms with Gasteiger partial charge in [0.1, 0.15) is 18.2 Å². The van der Waals surface area contributed by atoms with Crippen molar-refractivity contribution in [2.45, 2.75) is 6.61 Å². The largest absolute Gasteiger partial charge is 0.489 e. The number of anilines is 1. The number of hydrazone groups is 1. The van der Waals surface area contributed by atoms with E-state index in [2.05, 4.69) is 21.6 Å². The predicted octanol–water partition coefficient (Wildman–Crippen LogP) is 3.98. The first-order valence-corrected chi connectivity index (χ1v) is 7.76. The zero-order valence-corrected chi connectivity index (χ0v) is 13.5. The van der Waals surface area contributed by atoms with Gasteiger partial charge in [0.25, 0.3) is 0 Å². The number of ether oxygens (including phenoxy) is 1. The summed E-state index contributed by atoms with van der Waals surface area (Å²) in [5, 5.41) is 13.2. The van der Waals surface area contributed by atoms with Crippen molar-refractivity contribution in [3.63, 3.8) is 0 Å². The molecule has 1 aromatic heterocycles. The lowest BCUT2D eigenvalue weighted by atomic mass is 10.1. The van der Waals surface area contributed by atoms with Crippen LogP contribution in [0.15, 0.2) is 78.0 Å². The molecule has 0 spiro atoms. The first-order chi connectivity index (χ1) is 12.3. The fourth-order valence-electron chi connectivity index (χ4n) is 2.17. The highest BCUT2D eigenvalue weighted by Gasteiger charge is 2.01. The van der Waals surface area contributed by atoms with Crippen LogP contribution in [0.2, 0.25) is 0 Å². The standard InChI is InChI=1S/C20H16N4O/c21-13-17-5-1-2-6-18(17)15-25-19-10-8-16(9-11-19)14-23-24-20-7-3-4-12-22-20/h1-12,14H,15H2,(H,22,24)/b23-14-. The Kier molecular flexibility index (Phi) is 5.37. The van der Waals surface area contributed by atoms with Crippen LogP contribution in [-0.4, -0.2) is 11.2 Å². The first kappa shape index (κ1) is 16.2. The molecule has 0 atom stereocenters. The molecule has 0 amide bonds. The van der Waals surface area contributed by atoms with Crippen molar-refractivity contribution in [2.24, 2.45) is 5.10 Å². The maximum Gasteiger partial charge on any atom is 0.146 e. The number of nitrogens with one attached hydrogen (secondary N) is 1. The van der Waals surface area contributed by atoms with Gasteiger partial charge < -0.3 is 4.74 Å². The Labute approximate surface area is 146 Å². The summed E-state index contributed by atoms with van der Waals surface area (Å²) in [6, 6.07) is 22.7. The van der Waals surface area contributed by atoms with E-state index in [4.69, 9.17) is 10.00 Å². The molecule has 5 nitrogen and oxygen atoms in total. The molecule has 1 N–H and O–H groups in total. The van der Waals surface area contributed by atoms with Crippen LogP contribution in [0, 0.1) is 11.3 Å². The molecule has 1 heterocycles. The second-order valence-corrected chi connectivity index (χ2v) is 5.21. The van der Waals surface area contributed by atoms with Gasteiger partial charge in [-0.05, 0) is 48.0 Å². The van der Waals surface area contributed by atoms with Gasteiger partial charge in [0.05, 0.1) is 17.8 Å². The van der Waals surface area contributed by atoms with Crippen LogP contribution < -0.4 is 10.2 Å². The Bertz CT molecular complexity index is 884. The van der Waals surface area contributed by atoms with Gasteiger partial charge in [-0.2, -0.15) is 10.4 Å². The topological polar surface area (TPSA) is 70.3 Å². The number of hydrogen-bond acceptors (Lipinski definition) is 5. The molecule has 5 heteroatoms. The summed E-state index contributed by atoms with van der Waals surface area (Å²) in [4.78, 5) is 4.12. The van der Waals surface area contributed by atoms with Crippen LogP contribution in [0.3, 0.4) is 0 Å². The lowest BCUT2D eigenvalue weighted by Gasteiger charge is -2.07. The zero-order valence-electron chi connectivity index (χ0n) is 13.5. The third-order valence-electron chi connectivity index (χ3n) is 3.47. The normalized spacial score (nSPS) is 10.4. The summed E-state index contributed by atoms with van der Waals surface area (Å²) in [6.07, 6.45) is 3.41. The van der Waals surface area contributed by atoms with Crippen molar-refractivity contribution in [2.75, 3.05) is 5.43 Å². The van der Waals surface area contributed by atoms with Crippen molar-refractivity contribution < 1.29 is 4.74 Å². The molecular formula is C20H16N4O. The van der Waals surface area contributed by atoms with E-state index in [0.29, 0.717) is 18.0 Å². The Morgan fingerprint density at radius 1 is 1.04 bits per heavy atom. The van der Waals surface area contributed by atoms with E-state index in [1.54, 1.807) is 18.5 Å². The average Bonchev–Trinajstić information content (AvgIpc) is 2.68. The number of rotatable bonds is 6. The number of nitriles is 1. The summed E-state index contributed by atoms with van der Waals surface area (Å²) in [6.45, 7) is 0.360. The first-order valence-electron chi connectivity index (χ1n) is 7.76. The van der Waals surface area contributed by atoms with E-state index in [1.807, 2.05) is 60.7 Å². The predicted molar refractivity (Wildman–Crippen MR) is 97.4 cm³/mol. The van der Waals surface area contributed by atoms with Crippen LogP contribution in [0.5, 0.6) is 5.75 Å². The molecule has 2 aromatic carbocycles. The Morgan fingerprint density at radius 2 is 1.84 bits per heavy atom. The van der Waals surface area contributed by atoms with Gasteiger partial charge in [0, 0.05) is 11.8 Å². The van der Waals surface area contributed by atoms with E-state index in [9.17, 15) is 0 Å². The second-order valence-electron chi connectivity index (χ2n) is 5.21. The van der Waals surface area contributed by atoms with Crippen molar-refractivity contribution in [3.05, 3.63) is 89.6 Å². The molecule has 0 saturated heterocycles. The van der Waals surface area contributed by atoms with Gasteiger partial charge in [0.15, 0.2) is 0 Å². The molecule has 0 bridgehead atoms. The average molecular weight is 328 g/mol. The molecule has 25 heavy (non-hydrogen) atoms. The van der Waals surface area contributed by atoms with Crippen LogP contribution in [-0.2, 0) is 6.61 Å².